The average Bonchev–Trinajstić information content (AvgIpc) is 2.26. The average molecular weight is 265 g/mol. The van der Waals surface area contributed by atoms with Crippen molar-refractivity contribution in [1.29, 1.82) is 0 Å². The van der Waals surface area contributed by atoms with Crippen molar-refractivity contribution < 1.29 is 18.4 Å². The van der Waals surface area contributed by atoms with Crippen LogP contribution in [0.2, 0.25) is 0 Å². The Balaban J connectivity index is 4.26. The maximum absolute atomic E-state index is 12.0. The van der Waals surface area contributed by atoms with Crippen LogP contribution in [0, 0.1) is 0 Å². The van der Waals surface area contributed by atoms with Gasteiger partial charge in [0.25, 0.3) is 0 Å². The second-order valence-electron chi connectivity index (χ2n) is 3.91. The highest BCUT2D eigenvalue weighted by Crippen LogP contribution is 2.47. The Morgan fingerprint density at radius 1 is 1.35 bits per heavy atom. The quantitative estimate of drug-likeness (QED) is 0.651. The van der Waals surface area contributed by atoms with Crippen LogP contribution >= 0.6 is 7.60 Å². The zero-order chi connectivity index (χ0) is 13.3. The van der Waals surface area contributed by atoms with Gasteiger partial charge in [-0.25, -0.2) is 0 Å². The first kappa shape index (κ1) is 16.6. The van der Waals surface area contributed by atoms with E-state index in [0.29, 0.717) is 19.2 Å². The molecule has 0 radical (unpaired) electrons. The minimum absolute atomic E-state index is 0.0430. The molecule has 0 bridgehead atoms. The van der Waals surface area contributed by atoms with Gasteiger partial charge in [-0.05, 0) is 19.8 Å². The maximum Gasteiger partial charge on any atom is 0.330 e. The third-order valence-corrected chi connectivity index (χ3v) is 4.41. The summed E-state index contributed by atoms with van der Waals surface area (Å²) in [6.45, 7) is 5.68. The van der Waals surface area contributed by atoms with E-state index in [9.17, 15) is 9.36 Å². The summed E-state index contributed by atoms with van der Waals surface area (Å²) < 4.78 is 22.1. The second kappa shape index (κ2) is 8.67. The Morgan fingerprint density at radius 3 is 2.41 bits per heavy atom. The van der Waals surface area contributed by atoms with Crippen molar-refractivity contribution in [3.05, 3.63) is 0 Å². The van der Waals surface area contributed by atoms with Crippen molar-refractivity contribution >= 4 is 13.5 Å². The van der Waals surface area contributed by atoms with E-state index in [0.717, 1.165) is 12.8 Å². The van der Waals surface area contributed by atoms with E-state index < -0.39 is 7.60 Å². The molecule has 0 fully saturated rings. The van der Waals surface area contributed by atoms with Gasteiger partial charge in [0.1, 0.15) is 0 Å². The number of carbonyl (C=O) groups is 1. The molecule has 1 N–H and O–H groups in total. The van der Waals surface area contributed by atoms with Gasteiger partial charge in [-0.15, -0.1) is 0 Å². The lowest BCUT2D eigenvalue weighted by atomic mass is 10.1. The van der Waals surface area contributed by atoms with Crippen LogP contribution < -0.4 is 5.32 Å². The highest BCUT2D eigenvalue weighted by molar-refractivity contribution is 7.53. The summed E-state index contributed by atoms with van der Waals surface area (Å²) in [6.07, 6.45) is 2.78. The Morgan fingerprint density at radius 2 is 2.00 bits per heavy atom. The largest absolute Gasteiger partial charge is 0.354 e. The summed E-state index contributed by atoms with van der Waals surface area (Å²) in [4.78, 5) is 11.0. The lowest BCUT2D eigenvalue weighted by molar-refractivity contribution is -0.119. The van der Waals surface area contributed by atoms with E-state index in [1.165, 1.54) is 14.0 Å². The van der Waals surface area contributed by atoms with E-state index in [2.05, 4.69) is 5.32 Å². The summed E-state index contributed by atoms with van der Waals surface area (Å²) in [5, 5.41) is 2.85. The van der Waals surface area contributed by atoms with Crippen LogP contribution in [-0.2, 0) is 18.4 Å². The van der Waals surface area contributed by atoms with E-state index in [-0.39, 0.29) is 11.9 Å². The van der Waals surface area contributed by atoms with Gasteiger partial charge in [0.2, 0.25) is 5.91 Å². The summed E-state index contributed by atoms with van der Waals surface area (Å²) in [7, 11) is -1.58. The molecule has 0 aliphatic rings. The molecule has 0 heterocycles. The van der Waals surface area contributed by atoms with Crippen molar-refractivity contribution in [3.8, 4) is 0 Å². The van der Waals surface area contributed by atoms with Crippen LogP contribution in [0.4, 0.5) is 0 Å². The molecule has 0 saturated heterocycles. The monoisotopic (exact) mass is 265 g/mol. The summed E-state index contributed by atoms with van der Waals surface area (Å²) in [5.41, 5.74) is 0. The number of hydrogen-bond acceptors (Lipinski definition) is 4. The molecule has 0 aromatic rings. The Labute approximate surface area is 104 Å². The highest BCUT2D eigenvalue weighted by Gasteiger charge is 2.24. The summed E-state index contributed by atoms with van der Waals surface area (Å²) >= 11 is 0. The summed E-state index contributed by atoms with van der Waals surface area (Å²) in [5.74, 6) is -0.0629. The van der Waals surface area contributed by atoms with Crippen LogP contribution in [0.15, 0.2) is 0 Å². The van der Waals surface area contributed by atoms with Crippen LogP contribution in [0.25, 0.3) is 0 Å². The first-order valence-corrected chi connectivity index (χ1v) is 7.76. The van der Waals surface area contributed by atoms with Gasteiger partial charge < -0.3 is 14.4 Å². The molecule has 0 saturated carbocycles. The standard InChI is InChI=1S/C11H24NO4P/c1-5-7-11(12-10(3)13)8-9-17(14,15-4)16-6-2/h11H,5-9H2,1-4H3,(H,12,13). The predicted molar refractivity (Wildman–Crippen MR) is 68.2 cm³/mol. The lowest BCUT2D eigenvalue weighted by Gasteiger charge is -2.20. The fourth-order valence-electron chi connectivity index (χ4n) is 1.64. The highest BCUT2D eigenvalue weighted by atomic mass is 31.2. The lowest BCUT2D eigenvalue weighted by Crippen LogP contribution is -2.33. The summed E-state index contributed by atoms with van der Waals surface area (Å²) in [6, 6.07) is 0.0430. The smallest absolute Gasteiger partial charge is 0.330 e. The van der Waals surface area contributed by atoms with Gasteiger partial charge >= 0.3 is 7.60 Å². The topological polar surface area (TPSA) is 64.6 Å². The Kier molecular flexibility index (Phi) is 8.48. The van der Waals surface area contributed by atoms with Gasteiger partial charge in [0.05, 0.1) is 12.8 Å². The molecular weight excluding hydrogens is 241 g/mol. The van der Waals surface area contributed by atoms with Crippen LogP contribution in [0.5, 0.6) is 0 Å². The predicted octanol–water partition coefficient (Wildman–Crippen LogP) is 2.56. The van der Waals surface area contributed by atoms with Crippen molar-refractivity contribution in [2.24, 2.45) is 0 Å². The number of nitrogens with one attached hydrogen (secondary N) is 1. The van der Waals surface area contributed by atoms with Gasteiger partial charge in [0.15, 0.2) is 0 Å². The Bertz CT molecular complexity index is 270. The van der Waals surface area contributed by atoms with Crippen molar-refractivity contribution in [3.63, 3.8) is 0 Å². The molecule has 17 heavy (non-hydrogen) atoms. The first-order chi connectivity index (χ1) is 7.97. The molecule has 0 aromatic heterocycles. The Hall–Kier alpha value is -0.380. The van der Waals surface area contributed by atoms with Crippen molar-refractivity contribution in [2.75, 3.05) is 19.9 Å². The minimum atomic E-state index is -2.97. The van der Waals surface area contributed by atoms with Crippen LogP contribution in [0.3, 0.4) is 0 Å². The molecule has 2 unspecified atom stereocenters. The van der Waals surface area contributed by atoms with Gasteiger partial charge in [-0.3, -0.25) is 9.36 Å². The first-order valence-electron chi connectivity index (χ1n) is 6.03. The molecule has 102 valence electrons. The molecule has 0 aliphatic carbocycles. The maximum atomic E-state index is 12.0. The molecule has 1 amide bonds. The number of carbonyl (C=O) groups excluding carboxylic acids is 1. The zero-order valence-electron chi connectivity index (χ0n) is 11.2. The van der Waals surface area contributed by atoms with Gasteiger partial charge in [0, 0.05) is 20.1 Å². The van der Waals surface area contributed by atoms with E-state index in [1.54, 1.807) is 6.92 Å². The number of hydrogen-bond donors (Lipinski definition) is 1. The molecule has 0 spiro atoms. The molecule has 0 aromatic carbocycles. The fourth-order valence-corrected chi connectivity index (χ4v) is 3.08. The van der Waals surface area contributed by atoms with E-state index in [1.807, 2.05) is 6.92 Å². The number of rotatable bonds is 9. The molecule has 2 atom stereocenters. The SMILES string of the molecule is CCCC(CCP(=O)(OC)OCC)NC(C)=O. The molecular formula is C11H24NO4P. The molecule has 0 rings (SSSR count). The molecule has 6 heteroatoms. The third-order valence-electron chi connectivity index (χ3n) is 2.40. The van der Waals surface area contributed by atoms with Crippen LogP contribution in [-0.4, -0.2) is 31.8 Å². The molecule has 0 aliphatic heterocycles. The normalized spacial score (nSPS) is 16.2. The van der Waals surface area contributed by atoms with E-state index >= 15 is 0 Å². The zero-order valence-corrected chi connectivity index (χ0v) is 12.1. The van der Waals surface area contributed by atoms with Gasteiger partial charge in [-0.2, -0.15) is 0 Å². The van der Waals surface area contributed by atoms with E-state index in [4.69, 9.17) is 9.05 Å². The van der Waals surface area contributed by atoms with Gasteiger partial charge in [-0.1, -0.05) is 13.3 Å². The minimum Gasteiger partial charge on any atom is -0.354 e. The van der Waals surface area contributed by atoms with Crippen molar-refractivity contribution in [1.82, 2.24) is 5.32 Å². The number of amides is 1. The third kappa shape index (κ3) is 7.53. The van der Waals surface area contributed by atoms with Crippen molar-refractivity contribution in [2.45, 2.75) is 46.1 Å². The fraction of sp³-hybridized carbons (Fsp3) is 0.909. The second-order valence-corrected chi connectivity index (χ2v) is 6.20. The van der Waals surface area contributed by atoms with Crippen LogP contribution in [0.1, 0.15) is 40.0 Å². The molecule has 5 nitrogen and oxygen atoms in total.